The second-order valence-corrected chi connectivity index (χ2v) is 13.5. The normalized spacial score (nSPS) is 11.8. The zero-order valence-corrected chi connectivity index (χ0v) is 17.5. The third kappa shape index (κ3) is 4.81. The highest BCUT2D eigenvalue weighted by molar-refractivity contribution is 9.10. The van der Waals surface area contributed by atoms with E-state index in [0.29, 0.717) is 28.1 Å². The molecule has 4 nitrogen and oxygen atoms in total. The number of rotatable bonds is 7. The summed E-state index contributed by atoms with van der Waals surface area (Å²) in [7, 11) is 0.333. The van der Waals surface area contributed by atoms with E-state index in [-0.39, 0.29) is 11.9 Å². The highest BCUT2D eigenvalue weighted by Crippen LogP contribution is 2.37. The van der Waals surface area contributed by atoms with Crippen molar-refractivity contribution in [3.05, 3.63) is 33.6 Å². The maximum atomic E-state index is 14.6. The van der Waals surface area contributed by atoms with Crippen LogP contribution in [-0.2, 0) is 11.5 Å². The zero-order valence-electron chi connectivity index (χ0n) is 14.2. The van der Waals surface area contributed by atoms with Crippen molar-refractivity contribution in [2.75, 3.05) is 13.7 Å². The smallest absolute Gasteiger partial charge is 0.151 e. The molecule has 0 N–H and O–H groups in total. The second kappa shape index (κ2) is 7.99. The van der Waals surface area contributed by atoms with Gasteiger partial charge in [0, 0.05) is 20.7 Å². The van der Waals surface area contributed by atoms with E-state index in [4.69, 9.17) is 21.1 Å². The van der Waals surface area contributed by atoms with E-state index in [0.717, 1.165) is 6.04 Å². The van der Waals surface area contributed by atoms with Gasteiger partial charge in [0.1, 0.15) is 18.3 Å². The molecule has 0 unspecified atom stereocenters. The van der Waals surface area contributed by atoms with Gasteiger partial charge in [-0.05, 0) is 34.1 Å². The van der Waals surface area contributed by atoms with Crippen molar-refractivity contribution < 1.29 is 13.9 Å². The lowest BCUT2D eigenvalue weighted by atomic mass is 10.1. The topological polar surface area (TPSA) is 36.3 Å². The molecule has 0 saturated carbocycles. The number of aromatic nitrogens is 2. The third-order valence-electron chi connectivity index (χ3n) is 3.49. The predicted octanol–water partition coefficient (Wildman–Crippen LogP) is 5.43. The van der Waals surface area contributed by atoms with Gasteiger partial charge in [0.05, 0.1) is 22.8 Å². The van der Waals surface area contributed by atoms with Crippen LogP contribution in [0.5, 0.6) is 5.75 Å². The first-order valence-electron chi connectivity index (χ1n) is 7.56. The van der Waals surface area contributed by atoms with E-state index >= 15 is 0 Å². The fraction of sp³-hybridized carbons (Fsp3) is 0.438. The summed E-state index contributed by atoms with van der Waals surface area (Å²) < 4.78 is 27.5. The predicted molar refractivity (Wildman–Crippen MR) is 101 cm³/mol. The molecule has 0 atom stereocenters. The summed E-state index contributed by atoms with van der Waals surface area (Å²) in [5, 5.41) is 4.48. The van der Waals surface area contributed by atoms with Crippen molar-refractivity contribution in [1.82, 2.24) is 9.78 Å². The molecule has 132 valence electrons. The standard InChI is InChI=1S/C16H21BrClFN2O2Si/c1-22-13-6-5-11(17)16(19)15(13)12-9-14(18)20-21(12)10-23-7-8-24(2,3)4/h5-6,9H,7-8,10H2,1-4H3. The summed E-state index contributed by atoms with van der Waals surface area (Å²) in [6, 6.07) is 5.95. The molecule has 0 fully saturated rings. The quantitative estimate of drug-likeness (QED) is 0.430. The monoisotopic (exact) mass is 434 g/mol. The molecule has 1 aromatic heterocycles. The van der Waals surface area contributed by atoms with Crippen LogP contribution < -0.4 is 4.74 Å². The molecule has 0 spiro atoms. The maximum Gasteiger partial charge on any atom is 0.151 e. The molecule has 2 rings (SSSR count). The average molecular weight is 436 g/mol. The molecule has 0 radical (unpaired) electrons. The van der Waals surface area contributed by atoms with E-state index in [1.165, 1.54) is 7.11 Å². The van der Waals surface area contributed by atoms with Crippen LogP contribution in [0.1, 0.15) is 0 Å². The third-order valence-corrected chi connectivity index (χ3v) is 5.99. The van der Waals surface area contributed by atoms with Crippen molar-refractivity contribution in [1.29, 1.82) is 0 Å². The molecule has 0 amide bonds. The number of benzene rings is 1. The summed E-state index contributed by atoms with van der Waals surface area (Å²) in [5.41, 5.74) is 0.823. The second-order valence-electron chi connectivity index (χ2n) is 6.64. The van der Waals surface area contributed by atoms with Crippen LogP contribution in [0.4, 0.5) is 4.39 Å². The van der Waals surface area contributed by atoms with Gasteiger partial charge >= 0.3 is 0 Å². The highest BCUT2D eigenvalue weighted by Gasteiger charge is 2.20. The van der Waals surface area contributed by atoms with E-state index in [1.807, 2.05) is 0 Å². The fourth-order valence-corrected chi connectivity index (χ4v) is 3.44. The SMILES string of the molecule is COc1ccc(Br)c(F)c1-c1cc(Cl)nn1COCC[Si](C)(C)C. The van der Waals surface area contributed by atoms with E-state index in [9.17, 15) is 4.39 Å². The van der Waals surface area contributed by atoms with E-state index in [2.05, 4.69) is 40.7 Å². The molecular formula is C16H21BrClFN2O2Si. The fourth-order valence-electron chi connectivity index (χ4n) is 2.16. The summed E-state index contributed by atoms with van der Waals surface area (Å²) >= 11 is 9.24. The maximum absolute atomic E-state index is 14.6. The number of hydrogen-bond acceptors (Lipinski definition) is 3. The van der Waals surface area contributed by atoms with Crippen LogP contribution >= 0.6 is 27.5 Å². The van der Waals surface area contributed by atoms with Crippen molar-refractivity contribution >= 4 is 35.6 Å². The number of methoxy groups -OCH3 is 1. The first-order chi connectivity index (χ1) is 11.2. The first kappa shape index (κ1) is 19.4. The Bertz CT molecular complexity index is 719. The van der Waals surface area contributed by atoms with Crippen LogP contribution in [0.15, 0.2) is 22.7 Å². The summed E-state index contributed by atoms with van der Waals surface area (Å²) in [5.74, 6) is -0.00937. The lowest BCUT2D eigenvalue weighted by Gasteiger charge is -2.16. The number of halogens is 3. The molecule has 0 aliphatic rings. The molecule has 1 aromatic carbocycles. The van der Waals surface area contributed by atoms with Crippen LogP contribution in [0.25, 0.3) is 11.3 Å². The van der Waals surface area contributed by atoms with Gasteiger partial charge in [0.25, 0.3) is 0 Å². The average Bonchev–Trinajstić information content (AvgIpc) is 2.86. The molecule has 8 heteroatoms. The van der Waals surface area contributed by atoms with Crippen molar-refractivity contribution in [2.24, 2.45) is 0 Å². The minimum Gasteiger partial charge on any atom is -0.496 e. The van der Waals surface area contributed by atoms with Crippen LogP contribution in [0, 0.1) is 5.82 Å². The molecule has 24 heavy (non-hydrogen) atoms. The Labute approximate surface area is 156 Å². The van der Waals surface area contributed by atoms with Gasteiger partial charge in [-0.25, -0.2) is 9.07 Å². The summed E-state index contributed by atoms with van der Waals surface area (Å²) in [6.45, 7) is 7.71. The minimum atomic E-state index is -1.17. The van der Waals surface area contributed by atoms with Crippen molar-refractivity contribution in [3.8, 4) is 17.0 Å². The molecular weight excluding hydrogens is 415 g/mol. The van der Waals surface area contributed by atoms with Gasteiger partial charge in [-0.15, -0.1) is 0 Å². The van der Waals surface area contributed by atoms with Crippen LogP contribution in [-0.4, -0.2) is 31.6 Å². The molecule has 0 aliphatic heterocycles. The Balaban J connectivity index is 2.28. The molecule has 1 heterocycles. The Kier molecular flexibility index (Phi) is 6.47. The largest absolute Gasteiger partial charge is 0.496 e. The molecule has 0 aliphatic carbocycles. The van der Waals surface area contributed by atoms with Crippen LogP contribution in [0.2, 0.25) is 30.8 Å². The van der Waals surface area contributed by atoms with Gasteiger partial charge < -0.3 is 9.47 Å². The van der Waals surface area contributed by atoms with E-state index in [1.54, 1.807) is 22.9 Å². The number of nitrogens with zero attached hydrogens (tertiary/aromatic N) is 2. The number of ether oxygens (including phenoxy) is 2. The van der Waals surface area contributed by atoms with Gasteiger partial charge in [0.2, 0.25) is 0 Å². The van der Waals surface area contributed by atoms with Gasteiger partial charge in [-0.1, -0.05) is 31.2 Å². The Morgan fingerprint density at radius 2 is 2.04 bits per heavy atom. The summed E-state index contributed by atoms with van der Waals surface area (Å²) in [6.07, 6.45) is 0. The first-order valence-corrected chi connectivity index (χ1v) is 12.4. The Hall–Kier alpha value is -0.893. The Morgan fingerprint density at radius 1 is 1.33 bits per heavy atom. The molecule has 0 bridgehead atoms. The molecule has 0 saturated heterocycles. The van der Waals surface area contributed by atoms with Gasteiger partial charge in [-0.3, -0.25) is 0 Å². The van der Waals surface area contributed by atoms with Crippen molar-refractivity contribution in [2.45, 2.75) is 32.4 Å². The highest BCUT2D eigenvalue weighted by atomic mass is 79.9. The summed E-state index contributed by atoms with van der Waals surface area (Å²) in [4.78, 5) is 0. The lowest BCUT2D eigenvalue weighted by Crippen LogP contribution is -2.22. The Morgan fingerprint density at radius 3 is 2.67 bits per heavy atom. The van der Waals surface area contributed by atoms with E-state index < -0.39 is 13.9 Å². The van der Waals surface area contributed by atoms with Gasteiger partial charge in [-0.2, -0.15) is 5.10 Å². The molecule has 2 aromatic rings. The van der Waals surface area contributed by atoms with Crippen LogP contribution in [0.3, 0.4) is 0 Å². The number of hydrogen-bond donors (Lipinski definition) is 0. The zero-order chi connectivity index (χ0) is 17.9. The van der Waals surface area contributed by atoms with Crippen molar-refractivity contribution in [3.63, 3.8) is 0 Å². The van der Waals surface area contributed by atoms with Gasteiger partial charge in [0.15, 0.2) is 5.15 Å². The lowest BCUT2D eigenvalue weighted by molar-refractivity contribution is 0.0797. The minimum absolute atomic E-state index is 0.210.